The molecule has 4 nitrogen and oxygen atoms in total. The number of esters is 1. The Morgan fingerprint density at radius 3 is 2.79 bits per heavy atom. The lowest BCUT2D eigenvalue weighted by atomic mass is 9.73. The van der Waals surface area contributed by atoms with E-state index in [9.17, 15) is 18.0 Å². The van der Waals surface area contributed by atoms with Crippen molar-refractivity contribution in [3.63, 3.8) is 0 Å². The van der Waals surface area contributed by atoms with E-state index in [1.54, 1.807) is 0 Å². The molecule has 0 amide bonds. The van der Waals surface area contributed by atoms with E-state index >= 15 is 0 Å². The molecule has 4 rings (SSSR count). The van der Waals surface area contributed by atoms with Crippen LogP contribution in [0, 0.1) is 11.8 Å². The van der Waals surface area contributed by atoms with Crippen LogP contribution in [0.3, 0.4) is 0 Å². The Balaban J connectivity index is 1.66. The Hall–Kier alpha value is -2.28. The van der Waals surface area contributed by atoms with Crippen LogP contribution in [-0.2, 0) is 20.4 Å². The summed E-state index contributed by atoms with van der Waals surface area (Å²) in [5, 5.41) is 3.49. The second-order valence-electron chi connectivity index (χ2n) is 7.91. The minimum absolute atomic E-state index is 0.0423. The van der Waals surface area contributed by atoms with Crippen LogP contribution < -0.4 is 5.32 Å². The maximum absolute atomic E-state index is 13.3. The molecule has 156 valence electrons. The minimum Gasteiger partial charge on any atom is -0.463 e. The van der Waals surface area contributed by atoms with Crippen molar-refractivity contribution in [2.24, 2.45) is 11.8 Å². The van der Waals surface area contributed by atoms with Crippen molar-refractivity contribution in [3.05, 3.63) is 53.6 Å². The summed E-state index contributed by atoms with van der Waals surface area (Å²) in [6.07, 6.45) is 5.45. The predicted molar refractivity (Wildman–Crippen MR) is 102 cm³/mol. The molecule has 1 aromatic carbocycles. The Morgan fingerprint density at radius 1 is 1.28 bits per heavy atom. The zero-order valence-electron chi connectivity index (χ0n) is 16.1. The van der Waals surface area contributed by atoms with E-state index in [0.717, 1.165) is 18.9 Å². The third-order valence-electron chi connectivity index (χ3n) is 5.97. The highest BCUT2D eigenvalue weighted by atomic mass is 19.4. The number of rotatable bonds is 3. The molecule has 0 aromatic heterocycles. The number of hydrogen-bond donors (Lipinski definition) is 1. The van der Waals surface area contributed by atoms with Crippen molar-refractivity contribution in [2.45, 2.75) is 50.6 Å². The quantitative estimate of drug-likeness (QED) is 0.714. The summed E-state index contributed by atoms with van der Waals surface area (Å²) in [5.74, 6) is -0.102. The number of carbonyl (C=O) groups excluding carboxylic acids is 1. The van der Waals surface area contributed by atoms with Crippen LogP contribution >= 0.6 is 0 Å². The van der Waals surface area contributed by atoms with Gasteiger partial charge in [0.15, 0.2) is 0 Å². The second kappa shape index (κ2) is 7.86. The molecule has 1 fully saturated rings. The van der Waals surface area contributed by atoms with Gasteiger partial charge in [-0.3, -0.25) is 4.79 Å². The maximum atomic E-state index is 13.3. The van der Waals surface area contributed by atoms with Gasteiger partial charge in [-0.25, -0.2) is 0 Å². The first kappa shape index (κ1) is 20.0. The Labute approximate surface area is 167 Å². The van der Waals surface area contributed by atoms with Crippen molar-refractivity contribution in [3.8, 4) is 0 Å². The molecule has 1 aromatic rings. The highest BCUT2D eigenvalue weighted by Gasteiger charge is 2.45. The molecule has 0 spiro atoms. The molecule has 2 heterocycles. The van der Waals surface area contributed by atoms with Crippen LogP contribution in [-0.4, -0.2) is 24.7 Å². The van der Waals surface area contributed by atoms with Gasteiger partial charge >= 0.3 is 12.1 Å². The summed E-state index contributed by atoms with van der Waals surface area (Å²) < 4.78 is 51.2. The molecule has 1 N–H and O–H groups in total. The summed E-state index contributed by atoms with van der Waals surface area (Å²) in [4.78, 5) is 11.2. The van der Waals surface area contributed by atoms with Gasteiger partial charge in [-0.05, 0) is 37.5 Å². The molecule has 1 unspecified atom stereocenters. The Morgan fingerprint density at radius 2 is 2.10 bits per heavy atom. The zero-order valence-corrected chi connectivity index (χ0v) is 16.1. The van der Waals surface area contributed by atoms with Crippen LogP contribution in [0.5, 0.6) is 0 Å². The summed E-state index contributed by atoms with van der Waals surface area (Å²) in [7, 11) is 0. The van der Waals surface area contributed by atoms with Crippen molar-refractivity contribution >= 4 is 11.7 Å². The number of benzene rings is 1. The summed E-state index contributed by atoms with van der Waals surface area (Å²) in [5.41, 5.74) is 0.533. The topological polar surface area (TPSA) is 47.6 Å². The lowest BCUT2D eigenvalue weighted by Gasteiger charge is -2.47. The van der Waals surface area contributed by atoms with E-state index in [-0.39, 0.29) is 30.6 Å². The fourth-order valence-electron chi connectivity index (χ4n) is 4.59. The van der Waals surface area contributed by atoms with Crippen molar-refractivity contribution in [2.75, 3.05) is 11.9 Å². The van der Waals surface area contributed by atoms with Crippen LogP contribution in [0.25, 0.3) is 0 Å². The number of halogens is 3. The normalized spacial score (nSPS) is 30.8. The first-order valence-corrected chi connectivity index (χ1v) is 9.93. The Kier molecular flexibility index (Phi) is 5.42. The first-order valence-electron chi connectivity index (χ1n) is 9.93. The van der Waals surface area contributed by atoms with E-state index < -0.39 is 23.8 Å². The number of allylic oxidation sites excluding steroid dienone is 3. The first-order chi connectivity index (χ1) is 13.8. The van der Waals surface area contributed by atoms with Gasteiger partial charge in [-0.2, -0.15) is 13.2 Å². The smallest absolute Gasteiger partial charge is 0.416 e. The van der Waals surface area contributed by atoms with Gasteiger partial charge in [-0.1, -0.05) is 24.3 Å². The monoisotopic (exact) mass is 407 g/mol. The molecule has 29 heavy (non-hydrogen) atoms. The van der Waals surface area contributed by atoms with E-state index in [0.29, 0.717) is 17.7 Å². The van der Waals surface area contributed by atoms with E-state index in [4.69, 9.17) is 9.47 Å². The number of alkyl halides is 3. The predicted octanol–water partition coefficient (Wildman–Crippen LogP) is 5.03. The SMILES string of the molecule is CC(=O)OC[C@H]1CC[C@@H]2[C@H](O1)c1cc(C(F)(F)F)ccc1N[C@H]2C1C=CC=CC1. The van der Waals surface area contributed by atoms with Crippen molar-refractivity contribution in [1.82, 2.24) is 0 Å². The van der Waals surface area contributed by atoms with Gasteiger partial charge < -0.3 is 14.8 Å². The minimum atomic E-state index is -4.41. The molecule has 2 aliphatic heterocycles. The third kappa shape index (κ3) is 4.20. The molecule has 7 heteroatoms. The summed E-state index contributed by atoms with van der Waals surface area (Å²) in [6, 6.07) is 3.88. The lowest BCUT2D eigenvalue weighted by Crippen LogP contribution is -2.47. The molecule has 1 aliphatic carbocycles. The fourth-order valence-corrected chi connectivity index (χ4v) is 4.59. The zero-order chi connectivity index (χ0) is 20.6. The third-order valence-corrected chi connectivity index (χ3v) is 5.97. The summed E-state index contributed by atoms with van der Waals surface area (Å²) >= 11 is 0. The van der Waals surface area contributed by atoms with E-state index in [1.165, 1.54) is 19.1 Å². The largest absolute Gasteiger partial charge is 0.463 e. The molecular formula is C22H24F3NO3. The number of ether oxygens (including phenoxy) is 2. The van der Waals surface area contributed by atoms with Crippen LogP contribution in [0.15, 0.2) is 42.5 Å². The van der Waals surface area contributed by atoms with Gasteiger partial charge in [0.2, 0.25) is 0 Å². The number of fused-ring (bicyclic) bond motifs is 3. The molecule has 0 bridgehead atoms. The van der Waals surface area contributed by atoms with E-state index in [2.05, 4.69) is 17.5 Å². The fraction of sp³-hybridized carbons (Fsp3) is 0.500. The maximum Gasteiger partial charge on any atom is 0.416 e. The van der Waals surface area contributed by atoms with Gasteiger partial charge in [-0.15, -0.1) is 0 Å². The summed E-state index contributed by atoms with van der Waals surface area (Å²) in [6.45, 7) is 1.46. The van der Waals surface area contributed by atoms with Crippen LogP contribution in [0.1, 0.15) is 43.4 Å². The average molecular weight is 407 g/mol. The second-order valence-corrected chi connectivity index (χ2v) is 7.91. The molecule has 3 aliphatic rings. The molecule has 0 saturated carbocycles. The van der Waals surface area contributed by atoms with Gasteiger partial charge in [0.25, 0.3) is 0 Å². The molecule has 5 atom stereocenters. The van der Waals surface area contributed by atoms with Gasteiger partial charge in [0, 0.05) is 36.1 Å². The number of hydrogen-bond acceptors (Lipinski definition) is 4. The lowest BCUT2D eigenvalue weighted by molar-refractivity contribution is -0.155. The molecular weight excluding hydrogens is 383 g/mol. The van der Waals surface area contributed by atoms with Gasteiger partial charge in [0.05, 0.1) is 17.8 Å². The Bertz CT molecular complexity index is 833. The number of carbonyl (C=O) groups is 1. The van der Waals surface area contributed by atoms with Crippen LogP contribution in [0.2, 0.25) is 0 Å². The van der Waals surface area contributed by atoms with Crippen molar-refractivity contribution < 1.29 is 27.4 Å². The van der Waals surface area contributed by atoms with Crippen molar-refractivity contribution in [1.29, 1.82) is 0 Å². The highest BCUT2D eigenvalue weighted by molar-refractivity contribution is 5.65. The van der Waals surface area contributed by atoms with E-state index in [1.807, 2.05) is 12.2 Å². The molecule has 1 saturated heterocycles. The standard InChI is InChI=1S/C22H24F3NO3/c1-13(27)28-12-16-8-9-17-20(14-5-3-2-4-6-14)26-19-10-7-15(22(23,24)25)11-18(19)21(17)29-16/h2-5,7,10-11,14,16-17,20-21,26H,6,8-9,12H2,1H3/t14?,16-,17+,20+,21+/m1/s1. The van der Waals surface area contributed by atoms with Gasteiger partial charge in [0.1, 0.15) is 6.61 Å². The average Bonchev–Trinajstić information content (AvgIpc) is 2.71. The highest BCUT2D eigenvalue weighted by Crippen LogP contribution is 2.49. The number of anilines is 1. The van der Waals surface area contributed by atoms with Crippen LogP contribution in [0.4, 0.5) is 18.9 Å². The molecule has 0 radical (unpaired) electrons. The number of nitrogens with one attached hydrogen (secondary N) is 1.